The van der Waals surface area contributed by atoms with Crippen LogP contribution in [0.2, 0.25) is 0 Å². The van der Waals surface area contributed by atoms with Crippen molar-refractivity contribution in [3.8, 4) is 0 Å². The van der Waals surface area contributed by atoms with Crippen LogP contribution >= 0.6 is 0 Å². The molecule has 0 fully saturated rings. The van der Waals surface area contributed by atoms with Crippen molar-refractivity contribution in [2.45, 2.75) is 12.6 Å². The lowest BCUT2D eigenvalue weighted by Gasteiger charge is -2.15. The SMILES string of the molecule is CN(C)C[C@@H](O)Cn1cc(Nc2ccncc2[N+](=O)[O-])cn1. The minimum absolute atomic E-state index is 0.108. The van der Waals surface area contributed by atoms with E-state index >= 15 is 0 Å². The number of aliphatic hydroxyl groups excluding tert-OH is 1. The Morgan fingerprint density at radius 2 is 2.27 bits per heavy atom. The average molecular weight is 306 g/mol. The van der Waals surface area contributed by atoms with Gasteiger partial charge in [-0.25, -0.2) is 0 Å². The number of pyridine rings is 1. The summed E-state index contributed by atoms with van der Waals surface area (Å²) in [6.45, 7) is 0.872. The average Bonchev–Trinajstić information content (AvgIpc) is 2.85. The third-order valence-corrected chi connectivity index (χ3v) is 2.88. The van der Waals surface area contributed by atoms with Crippen LogP contribution in [-0.4, -0.2) is 56.4 Å². The first-order valence-electron chi connectivity index (χ1n) is 6.66. The lowest BCUT2D eigenvalue weighted by molar-refractivity contribution is -0.384. The maximum Gasteiger partial charge on any atom is 0.310 e. The molecular weight excluding hydrogens is 288 g/mol. The summed E-state index contributed by atoms with van der Waals surface area (Å²) in [4.78, 5) is 16.1. The highest BCUT2D eigenvalue weighted by molar-refractivity contribution is 5.67. The largest absolute Gasteiger partial charge is 0.390 e. The summed E-state index contributed by atoms with van der Waals surface area (Å²) in [6, 6.07) is 1.52. The van der Waals surface area contributed by atoms with Crippen molar-refractivity contribution in [1.29, 1.82) is 0 Å². The minimum Gasteiger partial charge on any atom is -0.390 e. The van der Waals surface area contributed by atoms with E-state index in [-0.39, 0.29) is 5.69 Å². The predicted octanol–water partition coefficient (Wildman–Crippen LogP) is 0.852. The Labute approximate surface area is 127 Å². The van der Waals surface area contributed by atoms with Crippen LogP contribution < -0.4 is 5.32 Å². The molecule has 9 heteroatoms. The molecule has 0 saturated carbocycles. The van der Waals surface area contributed by atoms with E-state index in [0.717, 1.165) is 0 Å². The van der Waals surface area contributed by atoms with Gasteiger partial charge in [-0.1, -0.05) is 0 Å². The van der Waals surface area contributed by atoms with Gasteiger partial charge < -0.3 is 15.3 Å². The van der Waals surface area contributed by atoms with Gasteiger partial charge in [0.25, 0.3) is 0 Å². The lowest BCUT2D eigenvalue weighted by atomic mass is 10.3. The summed E-state index contributed by atoms with van der Waals surface area (Å²) in [7, 11) is 3.75. The molecule has 118 valence electrons. The van der Waals surface area contributed by atoms with Gasteiger partial charge in [0, 0.05) is 18.9 Å². The molecule has 2 rings (SSSR count). The smallest absolute Gasteiger partial charge is 0.310 e. The second kappa shape index (κ2) is 6.96. The highest BCUT2D eigenvalue weighted by Crippen LogP contribution is 2.25. The van der Waals surface area contributed by atoms with Gasteiger partial charge in [0.2, 0.25) is 0 Å². The molecule has 0 aliphatic carbocycles. The van der Waals surface area contributed by atoms with Gasteiger partial charge in [0.15, 0.2) is 0 Å². The number of nitrogens with zero attached hydrogens (tertiary/aromatic N) is 5. The number of nitrogens with one attached hydrogen (secondary N) is 1. The summed E-state index contributed by atoms with van der Waals surface area (Å²) in [5.74, 6) is 0. The molecule has 0 spiro atoms. The molecule has 0 aliphatic heterocycles. The highest BCUT2D eigenvalue weighted by Gasteiger charge is 2.14. The molecule has 0 unspecified atom stereocenters. The molecule has 0 aromatic carbocycles. The molecule has 22 heavy (non-hydrogen) atoms. The Morgan fingerprint density at radius 1 is 1.50 bits per heavy atom. The topological polar surface area (TPSA) is 109 Å². The zero-order valence-electron chi connectivity index (χ0n) is 12.4. The molecule has 2 aromatic rings. The number of nitro groups is 1. The summed E-state index contributed by atoms with van der Waals surface area (Å²) in [6.07, 6.45) is 5.35. The first kappa shape index (κ1) is 15.9. The van der Waals surface area contributed by atoms with Crippen LogP contribution in [0.1, 0.15) is 0 Å². The van der Waals surface area contributed by atoms with E-state index in [1.807, 2.05) is 19.0 Å². The van der Waals surface area contributed by atoms with E-state index in [0.29, 0.717) is 24.5 Å². The van der Waals surface area contributed by atoms with Crippen molar-refractivity contribution in [2.75, 3.05) is 26.0 Å². The molecule has 9 nitrogen and oxygen atoms in total. The maximum absolute atomic E-state index is 10.9. The van der Waals surface area contributed by atoms with Crippen molar-refractivity contribution in [2.24, 2.45) is 0 Å². The Balaban J connectivity index is 2.05. The Bertz CT molecular complexity index is 642. The van der Waals surface area contributed by atoms with Gasteiger partial charge in [-0.05, 0) is 20.2 Å². The fourth-order valence-electron chi connectivity index (χ4n) is 2.02. The van der Waals surface area contributed by atoms with Crippen LogP contribution in [-0.2, 0) is 6.54 Å². The second-order valence-electron chi connectivity index (χ2n) is 5.14. The van der Waals surface area contributed by atoms with Crippen LogP contribution in [0.15, 0.2) is 30.9 Å². The quantitative estimate of drug-likeness (QED) is 0.576. The lowest BCUT2D eigenvalue weighted by Crippen LogP contribution is -2.29. The van der Waals surface area contributed by atoms with E-state index in [9.17, 15) is 15.2 Å². The zero-order chi connectivity index (χ0) is 16.1. The van der Waals surface area contributed by atoms with Crippen molar-refractivity contribution < 1.29 is 10.0 Å². The maximum atomic E-state index is 10.9. The number of likely N-dealkylation sites (N-methyl/N-ethyl adjacent to an activating group) is 1. The monoisotopic (exact) mass is 306 g/mol. The van der Waals surface area contributed by atoms with Crippen LogP contribution in [0.25, 0.3) is 0 Å². The van der Waals surface area contributed by atoms with E-state index < -0.39 is 11.0 Å². The molecular formula is C13H18N6O3. The van der Waals surface area contributed by atoms with Crippen molar-refractivity contribution in [3.05, 3.63) is 41.0 Å². The number of hydrogen-bond acceptors (Lipinski definition) is 7. The Kier molecular flexibility index (Phi) is 5.02. The number of anilines is 2. The summed E-state index contributed by atoms with van der Waals surface area (Å²) in [5, 5.41) is 27.9. The molecule has 0 radical (unpaired) electrons. The molecule has 0 bridgehead atoms. The molecule has 0 aliphatic rings. The number of hydrogen-bond donors (Lipinski definition) is 2. The van der Waals surface area contributed by atoms with Gasteiger partial charge in [-0.15, -0.1) is 0 Å². The predicted molar refractivity (Wildman–Crippen MR) is 81.0 cm³/mol. The van der Waals surface area contributed by atoms with Gasteiger partial charge in [0.05, 0.1) is 29.5 Å². The molecule has 2 N–H and O–H groups in total. The second-order valence-corrected chi connectivity index (χ2v) is 5.14. The van der Waals surface area contributed by atoms with Gasteiger partial charge in [-0.2, -0.15) is 5.10 Å². The molecule has 0 amide bonds. The fraction of sp³-hybridized carbons (Fsp3) is 0.385. The summed E-state index contributed by atoms with van der Waals surface area (Å²) in [5.41, 5.74) is 0.836. The summed E-state index contributed by atoms with van der Waals surface area (Å²) < 4.78 is 1.59. The normalized spacial score (nSPS) is 12.4. The van der Waals surface area contributed by atoms with Crippen LogP contribution in [0, 0.1) is 10.1 Å². The van der Waals surface area contributed by atoms with Crippen LogP contribution in [0.5, 0.6) is 0 Å². The number of aliphatic hydroxyl groups is 1. The van der Waals surface area contributed by atoms with Crippen LogP contribution in [0.3, 0.4) is 0 Å². The van der Waals surface area contributed by atoms with E-state index in [1.54, 1.807) is 17.1 Å². The Hall–Kier alpha value is -2.52. The van der Waals surface area contributed by atoms with E-state index in [4.69, 9.17) is 0 Å². The van der Waals surface area contributed by atoms with Gasteiger partial charge in [0.1, 0.15) is 11.9 Å². The van der Waals surface area contributed by atoms with Crippen molar-refractivity contribution in [3.63, 3.8) is 0 Å². The first-order chi connectivity index (χ1) is 10.5. The van der Waals surface area contributed by atoms with E-state index in [2.05, 4.69) is 15.4 Å². The van der Waals surface area contributed by atoms with Crippen LogP contribution in [0.4, 0.5) is 17.1 Å². The van der Waals surface area contributed by atoms with Gasteiger partial charge >= 0.3 is 5.69 Å². The standard InChI is InChI=1S/C13H18N6O3/c1-17(2)8-11(20)9-18-7-10(5-15-18)16-12-3-4-14-6-13(12)19(21)22/h3-7,11,20H,8-9H2,1-2H3,(H,14,16)/t11-/m1/s1. The highest BCUT2D eigenvalue weighted by atomic mass is 16.6. The minimum atomic E-state index is -0.544. The molecule has 1 atom stereocenters. The van der Waals surface area contributed by atoms with Crippen molar-refractivity contribution in [1.82, 2.24) is 19.7 Å². The molecule has 2 aromatic heterocycles. The molecule has 0 saturated heterocycles. The molecule has 2 heterocycles. The zero-order valence-corrected chi connectivity index (χ0v) is 12.4. The van der Waals surface area contributed by atoms with Crippen molar-refractivity contribution >= 4 is 17.1 Å². The number of rotatable bonds is 7. The first-order valence-corrected chi connectivity index (χ1v) is 6.66. The number of aromatic nitrogens is 3. The third-order valence-electron chi connectivity index (χ3n) is 2.88. The van der Waals surface area contributed by atoms with E-state index in [1.165, 1.54) is 18.5 Å². The van der Waals surface area contributed by atoms with Gasteiger partial charge in [-0.3, -0.25) is 19.8 Å². The fourth-order valence-corrected chi connectivity index (χ4v) is 2.02. The third kappa shape index (κ3) is 4.24. The summed E-state index contributed by atoms with van der Waals surface area (Å²) >= 11 is 0. The Morgan fingerprint density at radius 3 is 2.95 bits per heavy atom.